The van der Waals surface area contributed by atoms with Crippen LogP contribution in [0.5, 0.6) is 5.75 Å². The molecule has 2 rings (SSSR count). The summed E-state index contributed by atoms with van der Waals surface area (Å²) in [6.07, 6.45) is 1.30. The Morgan fingerprint density at radius 1 is 1.47 bits per heavy atom. The molecule has 4 heteroatoms. The molecule has 1 aliphatic rings. The molecule has 0 bridgehead atoms. The van der Waals surface area contributed by atoms with Crippen molar-refractivity contribution < 1.29 is 14.6 Å². The van der Waals surface area contributed by atoms with Crippen molar-refractivity contribution in [3.63, 3.8) is 0 Å². The maximum Gasteiger partial charge on any atom is 0.314 e. The second-order valence-corrected chi connectivity index (χ2v) is 6.08. The number of carboxylic acids is 1. The van der Waals surface area contributed by atoms with Crippen LogP contribution in [-0.4, -0.2) is 18.2 Å². The normalized spacial score (nSPS) is 26.1. The SMILES string of the molecule is COc1ccc(Cl)cc1C1(C(=O)O)CC(C(C)C)C1. The van der Waals surface area contributed by atoms with Gasteiger partial charge in [0.2, 0.25) is 0 Å². The van der Waals surface area contributed by atoms with E-state index in [1.54, 1.807) is 25.3 Å². The van der Waals surface area contributed by atoms with Gasteiger partial charge < -0.3 is 9.84 Å². The standard InChI is InChI=1S/C15H19ClO3/c1-9(2)10-7-15(8-10,14(17)18)12-6-11(16)4-5-13(12)19-3/h4-6,9-10H,7-8H2,1-3H3,(H,17,18). The molecular formula is C15H19ClO3. The number of ether oxygens (including phenoxy) is 1. The van der Waals surface area contributed by atoms with Gasteiger partial charge in [0.25, 0.3) is 0 Å². The number of hydrogen-bond donors (Lipinski definition) is 1. The van der Waals surface area contributed by atoms with E-state index >= 15 is 0 Å². The minimum Gasteiger partial charge on any atom is -0.496 e. The van der Waals surface area contributed by atoms with Crippen molar-refractivity contribution in [2.45, 2.75) is 32.1 Å². The molecule has 0 spiro atoms. The summed E-state index contributed by atoms with van der Waals surface area (Å²) in [5.41, 5.74) is -0.141. The van der Waals surface area contributed by atoms with Crippen molar-refractivity contribution in [2.75, 3.05) is 7.11 Å². The molecule has 1 aromatic rings. The summed E-state index contributed by atoms with van der Waals surface area (Å²) < 4.78 is 5.31. The van der Waals surface area contributed by atoms with Gasteiger partial charge in [-0.3, -0.25) is 4.79 Å². The third-order valence-corrected chi connectivity index (χ3v) is 4.49. The van der Waals surface area contributed by atoms with Crippen molar-refractivity contribution in [1.82, 2.24) is 0 Å². The highest BCUT2D eigenvalue weighted by Crippen LogP contribution is 2.53. The second-order valence-electron chi connectivity index (χ2n) is 5.64. The van der Waals surface area contributed by atoms with Crippen LogP contribution in [0.1, 0.15) is 32.3 Å². The van der Waals surface area contributed by atoms with Crippen LogP contribution >= 0.6 is 11.6 Å². The van der Waals surface area contributed by atoms with Crippen LogP contribution in [0.25, 0.3) is 0 Å². The number of methoxy groups -OCH3 is 1. The van der Waals surface area contributed by atoms with E-state index in [9.17, 15) is 9.90 Å². The largest absolute Gasteiger partial charge is 0.496 e. The molecule has 1 fully saturated rings. The molecule has 0 amide bonds. The monoisotopic (exact) mass is 282 g/mol. The van der Waals surface area contributed by atoms with Crippen LogP contribution in [0.4, 0.5) is 0 Å². The number of aliphatic carboxylic acids is 1. The zero-order valence-corrected chi connectivity index (χ0v) is 12.2. The van der Waals surface area contributed by atoms with E-state index in [1.165, 1.54) is 0 Å². The van der Waals surface area contributed by atoms with Crippen molar-refractivity contribution in [2.24, 2.45) is 11.8 Å². The fourth-order valence-electron chi connectivity index (χ4n) is 2.87. The Morgan fingerprint density at radius 3 is 2.58 bits per heavy atom. The molecule has 0 heterocycles. The first kappa shape index (κ1) is 14.2. The number of carbonyl (C=O) groups is 1. The first-order chi connectivity index (χ1) is 8.90. The third-order valence-electron chi connectivity index (χ3n) is 4.25. The fraction of sp³-hybridized carbons (Fsp3) is 0.533. The van der Waals surface area contributed by atoms with Gasteiger partial charge in [0, 0.05) is 10.6 Å². The molecule has 0 atom stereocenters. The smallest absolute Gasteiger partial charge is 0.314 e. The van der Waals surface area contributed by atoms with Gasteiger partial charge in [-0.15, -0.1) is 0 Å². The average Bonchev–Trinajstić information content (AvgIpc) is 2.27. The highest BCUT2D eigenvalue weighted by Gasteiger charge is 2.53. The number of rotatable bonds is 4. The van der Waals surface area contributed by atoms with Gasteiger partial charge in [-0.2, -0.15) is 0 Å². The van der Waals surface area contributed by atoms with Crippen molar-refractivity contribution in [1.29, 1.82) is 0 Å². The Balaban J connectivity index is 2.42. The summed E-state index contributed by atoms with van der Waals surface area (Å²) in [6.45, 7) is 4.26. The van der Waals surface area contributed by atoms with Crippen LogP contribution in [0.3, 0.4) is 0 Å². The van der Waals surface area contributed by atoms with Gasteiger partial charge in [-0.05, 0) is 42.9 Å². The molecular weight excluding hydrogens is 264 g/mol. The quantitative estimate of drug-likeness (QED) is 0.915. The molecule has 1 aliphatic carbocycles. The Kier molecular flexibility index (Phi) is 3.77. The summed E-state index contributed by atoms with van der Waals surface area (Å²) >= 11 is 6.02. The third kappa shape index (κ3) is 2.32. The van der Waals surface area contributed by atoms with Gasteiger partial charge in [0.05, 0.1) is 12.5 Å². The Labute approximate surface area is 118 Å². The van der Waals surface area contributed by atoms with Crippen molar-refractivity contribution >= 4 is 17.6 Å². The first-order valence-electron chi connectivity index (χ1n) is 6.48. The molecule has 19 heavy (non-hydrogen) atoms. The highest BCUT2D eigenvalue weighted by molar-refractivity contribution is 6.30. The van der Waals surface area contributed by atoms with E-state index in [0.29, 0.717) is 41.0 Å². The van der Waals surface area contributed by atoms with Gasteiger partial charge in [0.15, 0.2) is 0 Å². The van der Waals surface area contributed by atoms with E-state index in [-0.39, 0.29) is 0 Å². The summed E-state index contributed by atoms with van der Waals surface area (Å²) in [4.78, 5) is 11.8. The number of carboxylic acid groups (broad SMARTS) is 1. The summed E-state index contributed by atoms with van der Waals surface area (Å²) in [6, 6.07) is 5.19. The average molecular weight is 283 g/mol. The molecule has 0 aromatic heterocycles. The van der Waals surface area contributed by atoms with E-state index in [1.807, 2.05) is 0 Å². The van der Waals surface area contributed by atoms with Crippen molar-refractivity contribution in [3.05, 3.63) is 28.8 Å². The Bertz CT molecular complexity index is 490. The van der Waals surface area contributed by atoms with Crippen LogP contribution in [-0.2, 0) is 10.2 Å². The second kappa shape index (κ2) is 5.04. The summed E-state index contributed by atoms with van der Waals surface area (Å²) in [7, 11) is 1.56. The highest BCUT2D eigenvalue weighted by atomic mass is 35.5. The molecule has 3 nitrogen and oxygen atoms in total. The molecule has 0 aliphatic heterocycles. The molecule has 0 saturated heterocycles. The van der Waals surface area contributed by atoms with E-state index in [2.05, 4.69) is 13.8 Å². The zero-order valence-electron chi connectivity index (χ0n) is 11.4. The van der Waals surface area contributed by atoms with Crippen LogP contribution in [0.15, 0.2) is 18.2 Å². The maximum atomic E-state index is 11.8. The molecule has 1 aromatic carbocycles. The van der Waals surface area contributed by atoms with Crippen LogP contribution in [0, 0.1) is 11.8 Å². The topological polar surface area (TPSA) is 46.5 Å². The Morgan fingerprint density at radius 2 is 2.11 bits per heavy atom. The molecule has 1 N–H and O–H groups in total. The fourth-order valence-corrected chi connectivity index (χ4v) is 3.04. The number of halogens is 1. The number of benzene rings is 1. The minimum atomic E-state index is -0.842. The van der Waals surface area contributed by atoms with Crippen LogP contribution < -0.4 is 4.74 Å². The van der Waals surface area contributed by atoms with Crippen molar-refractivity contribution in [3.8, 4) is 5.75 Å². The summed E-state index contributed by atoms with van der Waals surface area (Å²) in [5.74, 6) is 0.761. The van der Waals surface area contributed by atoms with E-state index in [0.717, 1.165) is 0 Å². The predicted octanol–water partition coefficient (Wildman–Crippen LogP) is 3.74. The number of hydrogen-bond acceptors (Lipinski definition) is 2. The molecule has 1 saturated carbocycles. The summed E-state index contributed by atoms with van der Waals surface area (Å²) in [5, 5.41) is 10.2. The molecule has 104 valence electrons. The van der Waals surface area contributed by atoms with E-state index < -0.39 is 11.4 Å². The molecule has 0 radical (unpaired) electrons. The van der Waals surface area contributed by atoms with E-state index in [4.69, 9.17) is 16.3 Å². The van der Waals surface area contributed by atoms with Gasteiger partial charge in [-0.1, -0.05) is 25.4 Å². The Hall–Kier alpha value is -1.22. The maximum absolute atomic E-state index is 11.8. The molecule has 0 unspecified atom stereocenters. The lowest BCUT2D eigenvalue weighted by atomic mass is 9.55. The lowest BCUT2D eigenvalue weighted by Crippen LogP contribution is -2.49. The van der Waals surface area contributed by atoms with Crippen LogP contribution in [0.2, 0.25) is 5.02 Å². The van der Waals surface area contributed by atoms with Gasteiger partial charge in [-0.25, -0.2) is 0 Å². The predicted molar refractivity (Wildman–Crippen MR) is 74.9 cm³/mol. The van der Waals surface area contributed by atoms with Gasteiger partial charge >= 0.3 is 5.97 Å². The van der Waals surface area contributed by atoms with Gasteiger partial charge in [0.1, 0.15) is 5.75 Å². The zero-order chi connectivity index (χ0) is 14.2. The first-order valence-corrected chi connectivity index (χ1v) is 6.86. The lowest BCUT2D eigenvalue weighted by molar-refractivity contribution is -0.150. The minimum absolute atomic E-state index is 0.444. The lowest BCUT2D eigenvalue weighted by Gasteiger charge is -2.47.